The van der Waals surface area contributed by atoms with Crippen molar-refractivity contribution in [2.45, 2.75) is 26.0 Å². The van der Waals surface area contributed by atoms with Crippen LogP contribution in [-0.4, -0.2) is 28.7 Å². The van der Waals surface area contributed by atoms with Crippen molar-refractivity contribution in [1.29, 1.82) is 0 Å². The van der Waals surface area contributed by atoms with E-state index in [9.17, 15) is 24.5 Å². The van der Waals surface area contributed by atoms with Crippen LogP contribution >= 0.6 is 11.6 Å². The monoisotopic (exact) mass is 480 g/mol. The number of hydrogen-bond acceptors (Lipinski definition) is 6. The quantitative estimate of drug-likeness (QED) is 0.212. The van der Waals surface area contributed by atoms with Gasteiger partial charge in [-0.2, -0.15) is 0 Å². The number of carbonyl (C=O) groups is 3. The molecule has 34 heavy (non-hydrogen) atoms. The van der Waals surface area contributed by atoms with E-state index in [0.29, 0.717) is 0 Å². The van der Waals surface area contributed by atoms with Crippen molar-refractivity contribution in [3.05, 3.63) is 110 Å². The van der Waals surface area contributed by atoms with Gasteiger partial charge in [0.15, 0.2) is 11.9 Å². The van der Waals surface area contributed by atoms with Gasteiger partial charge < -0.3 is 10.1 Å². The molecule has 174 valence electrons. The Bertz CT molecular complexity index is 1250. The van der Waals surface area contributed by atoms with Gasteiger partial charge in [0.2, 0.25) is 0 Å². The Kier molecular flexibility index (Phi) is 7.75. The van der Waals surface area contributed by atoms with Crippen LogP contribution in [-0.2, 0) is 9.53 Å². The summed E-state index contributed by atoms with van der Waals surface area (Å²) in [6.45, 7) is 3.24. The third-order valence-electron chi connectivity index (χ3n) is 5.11. The number of halogens is 1. The average molecular weight is 481 g/mol. The van der Waals surface area contributed by atoms with Crippen molar-refractivity contribution in [2.75, 3.05) is 0 Å². The van der Waals surface area contributed by atoms with E-state index in [1.165, 1.54) is 31.2 Å². The van der Waals surface area contributed by atoms with Gasteiger partial charge in [0.05, 0.1) is 16.5 Å². The van der Waals surface area contributed by atoms with Gasteiger partial charge in [-0.25, -0.2) is 4.79 Å². The smallest absolute Gasteiger partial charge is 0.339 e. The Labute approximate surface area is 200 Å². The molecule has 0 radical (unpaired) electrons. The molecule has 0 aromatic heterocycles. The molecular formula is C25H21ClN2O6. The fourth-order valence-corrected chi connectivity index (χ4v) is 3.43. The van der Waals surface area contributed by atoms with Crippen LogP contribution in [0.2, 0.25) is 5.02 Å². The molecule has 0 aliphatic rings. The first-order chi connectivity index (χ1) is 16.2. The molecule has 9 heteroatoms. The van der Waals surface area contributed by atoms with E-state index >= 15 is 0 Å². The predicted octanol–water partition coefficient (Wildman–Crippen LogP) is 4.90. The first kappa shape index (κ1) is 24.6. The normalized spacial score (nSPS) is 12.3. The van der Waals surface area contributed by atoms with Gasteiger partial charge in [-0.3, -0.25) is 19.7 Å². The molecular weight excluding hydrogens is 460 g/mol. The number of carbonyl (C=O) groups excluding carboxylic acids is 3. The minimum absolute atomic E-state index is 0.0150. The van der Waals surface area contributed by atoms with Gasteiger partial charge in [0, 0.05) is 17.2 Å². The second kappa shape index (κ2) is 10.7. The lowest BCUT2D eigenvalue weighted by Gasteiger charge is -2.19. The van der Waals surface area contributed by atoms with E-state index in [0.717, 1.165) is 11.6 Å². The van der Waals surface area contributed by atoms with Crippen LogP contribution in [0, 0.1) is 10.1 Å². The molecule has 0 heterocycles. The number of rotatable bonds is 8. The Balaban J connectivity index is 1.76. The summed E-state index contributed by atoms with van der Waals surface area (Å²) in [4.78, 5) is 48.8. The summed E-state index contributed by atoms with van der Waals surface area (Å²) >= 11 is 5.82. The summed E-state index contributed by atoms with van der Waals surface area (Å²) in [5.41, 5.74) is 0.363. The minimum Gasteiger partial charge on any atom is -0.449 e. The molecule has 0 fully saturated rings. The number of benzene rings is 3. The predicted molar refractivity (Wildman–Crippen MR) is 126 cm³/mol. The fraction of sp³-hybridized carbons (Fsp3) is 0.160. The number of ether oxygens (including phenoxy) is 1. The van der Waals surface area contributed by atoms with E-state index in [1.807, 2.05) is 30.3 Å². The number of nitrogens with one attached hydrogen (secondary N) is 1. The SMILES string of the molecule is CC(OC(=O)c1ccccc1C(=O)c1ccc(Cl)c([N+](=O)[O-])c1)C(=O)NC(C)c1ccccc1. The van der Waals surface area contributed by atoms with Crippen LogP contribution < -0.4 is 5.32 Å². The van der Waals surface area contributed by atoms with Crippen LogP contribution in [0.1, 0.15) is 51.7 Å². The molecule has 0 spiro atoms. The first-order valence-electron chi connectivity index (χ1n) is 10.3. The standard InChI is InChI=1S/C25H21ClN2O6/c1-15(17-8-4-3-5-9-17)27-24(30)16(2)34-25(31)20-11-7-6-10-19(20)23(29)18-12-13-21(26)22(14-18)28(32)33/h3-16H,1-2H3,(H,27,30). The molecule has 8 nitrogen and oxygen atoms in total. The highest BCUT2D eigenvalue weighted by atomic mass is 35.5. The number of nitrogens with zero attached hydrogens (tertiary/aromatic N) is 1. The summed E-state index contributed by atoms with van der Waals surface area (Å²) in [7, 11) is 0. The van der Waals surface area contributed by atoms with Crippen LogP contribution in [0.5, 0.6) is 0 Å². The number of ketones is 1. The zero-order chi connectivity index (χ0) is 24.8. The zero-order valence-corrected chi connectivity index (χ0v) is 19.1. The van der Waals surface area contributed by atoms with Gasteiger partial charge in [-0.05, 0) is 37.6 Å². The molecule has 0 bridgehead atoms. The lowest BCUT2D eigenvalue weighted by atomic mass is 9.98. The third-order valence-corrected chi connectivity index (χ3v) is 5.43. The molecule has 0 saturated carbocycles. The molecule has 0 aliphatic carbocycles. The van der Waals surface area contributed by atoms with E-state index < -0.39 is 34.4 Å². The maximum atomic E-state index is 13.0. The Morgan fingerprint density at radius 2 is 1.56 bits per heavy atom. The van der Waals surface area contributed by atoms with Gasteiger partial charge >= 0.3 is 5.97 Å². The van der Waals surface area contributed by atoms with Crippen molar-refractivity contribution in [1.82, 2.24) is 5.32 Å². The largest absolute Gasteiger partial charge is 0.449 e. The highest BCUT2D eigenvalue weighted by Gasteiger charge is 2.25. The summed E-state index contributed by atoms with van der Waals surface area (Å²) < 4.78 is 5.31. The molecule has 2 unspecified atom stereocenters. The number of nitro benzene ring substituents is 1. The number of amides is 1. The molecule has 3 aromatic rings. The lowest BCUT2D eigenvalue weighted by Crippen LogP contribution is -2.37. The van der Waals surface area contributed by atoms with Crippen molar-refractivity contribution in [2.24, 2.45) is 0 Å². The Hall–Kier alpha value is -4.04. The molecule has 1 amide bonds. The average Bonchev–Trinajstić information content (AvgIpc) is 2.84. The topological polar surface area (TPSA) is 116 Å². The van der Waals surface area contributed by atoms with Crippen LogP contribution in [0.3, 0.4) is 0 Å². The van der Waals surface area contributed by atoms with E-state index in [4.69, 9.17) is 16.3 Å². The molecule has 3 aromatic carbocycles. The highest BCUT2D eigenvalue weighted by molar-refractivity contribution is 6.33. The highest BCUT2D eigenvalue weighted by Crippen LogP contribution is 2.27. The van der Waals surface area contributed by atoms with Gasteiger partial charge in [0.25, 0.3) is 11.6 Å². The van der Waals surface area contributed by atoms with Crippen molar-refractivity contribution in [3.63, 3.8) is 0 Å². The van der Waals surface area contributed by atoms with E-state index in [1.54, 1.807) is 19.1 Å². The number of hydrogen-bond donors (Lipinski definition) is 1. The maximum absolute atomic E-state index is 13.0. The number of esters is 1. The molecule has 0 saturated heterocycles. The molecule has 0 aliphatic heterocycles. The van der Waals surface area contributed by atoms with Crippen molar-refractivity contribution < 1.29 is 24.0 Å². The lowest BCUT2D eigenvalue weighted by molar-refractivity contribution is -0.384. The third kappa shape index (κ3) is 5.65. The van der Waals surface area contributed by atoms with Crippen LogP contribution in [0.15, 0.2) is 72.8 Å². The summed E-state index contributed by atoms with van der Waals surface area (Å²) in [5, 5.41) is 13.8. The second-order valence-corrected chi connectivity index (χ2v) is 7.89. The summed E-state index contributed by atoms with van der Waals surface area (Å²) in [6.07, 6.45) is -1.13. The van der Waals surface area contributed by atoms with Gasteiger partial charge in [0.1, 0.15) is 5.02 Å². The summed E-state index contributed by atoms with van der Waals surface area (Å²) in [5.74, 6) is -1.99. The zero-order valence-electron chi connectivity index (χ0n) is 18.4. The summed E-state index contributed by atoms with van der Waals surface area (Å²) in [6, 6.07) is 18.5. The molecule has 1 N–H and O–H groups in total. The maximum Gasteiger partial charge on any atom is 0.339 e. The fourth-order valence-electron chi connectivity index (χ4n) is 3.24. The van der Waals surface area contributed by atoms with Gasteiger partial charge in [-0.15, -0.1) is 0 Å². The van der Waals surface area contributed by atoms with E-state index in [2.05, 4.69) is 5.32 Å². The molecule has 2 atom stereocenters. The van der Waals surface area contributed by atoms with Gasteiger partial charge in [-0.1, -0.05) is 60.1 Å². The Morgan fingerprint density at radius 3 is 2.21 bits per heavy atom. The number of nitro groups is 1. The van der Waals surface area contributed by atoms with Crippen LogP contribution in [0.4, 0.5) is 5.69 Å². The van der Waals surface area contributed by atoms with Crippen LogP contribution in [0.25, 0.3) is 0 Å². The second-order valence-electron chi connectivity index (χ2n) is 7.49. The molecule has 3 rings (SSSR count). The first-order valence-corrected chi connectivity index (χ1v) is 10.7. The minimum atomic E-state index is -1.13. The van der Waals surface area contributed by atoms with Crippen molar-refractivity contribution in [3.8, 4) is 0 Å². The van der Waals surface area contributed by atoms with E-state index in [-0.39, 0.29) is 27.8 Å². The Morgan fingerprint density at radius 1 is 0.941 bits per heavy atom. The van der Waals surface area contributed by atoms with Crippen molar-refractivity contribution >= 4 is 34.9 Å².